The number of hydrogen-bond acceptors (Lipinski definition) is 8. The molecule has 0 aromatic heterocycles. The van der Waals surface area contributed by atoms with Crippen LogP contribution in [-0.4, -0.2) is 11.6 Å². The number of Topliss-reactive ketones (excluding diaryl/α,β-unsaturated/α-hetero) is 2. The first-order chi connectivity index (χ1) is 20.6. The SMILES string of the molecule is O=C1/C(=C2\Nc3cc(-c4ccc5c(c4)Oc4cc6c(cc4=N5)Oc4ccccc4N=6)ccc3C2=O)Nc2ccccc21. The number of fused-ring (bicyclic) bond motifs is 6. The predicted molar refractivity (Wildman–Crippen MR) is 156 cm³/mol. The Labute approximate surface area is 238 Å². The summed E-state index contributed by atoms with van der Waals surface area (Å²) in [5, 5.41) is 7.65. The third-order valence-electron chi connectivity index (χ3n) is 7.78. The van der Waals surface area contributed by atoms with Gasteiger partial charge in [0.15, 0.2) is 23.0 Å². The standard InChI is InChI=1S/C34H18N4O4/c39-33-19-5-1-2-6-21(19)37-31(33)32-34(40)20-11-9-17(13-24(20)38-32)18-10-12-23-28(14-18)42-30-16-25-29(15-26(30)36-23)41-27-8-4-3-7-22(27)35-25/h1-16,37-38H/b32-31+. The lowest BCUT2D eigenvalue weighted by molar-refractivity contribution is 0.101. The van der Waals surface area contributed by atoms with Gasteiger partial charge in [-0.1, -0.05) is 36.4 Å². The first kappa shape index (κ1) is 22.8. The molecular formula is C34H18N4O4. The number of anilines is 2. The van der Waals surface area contributed by atoms with E-state index >= 15 is 0 Å². The van der Waals surface area contributed by atoms with Crippen molar-refractivity contribution in [3.8, 4) is 34.1 Å². The molecule has 5 aromatic carbocycles. The van der Waals surface area contributed by atoms with Crippen molar-refractivity contribution in [2.45, 2.75) is 0 Å². The molecule has 0 fully saturated rings. The monoisotopic (exact) mass is 546 g/mol. The molecule has 4 aliphatic heterocycles. The molecule has 0 saturated heterocycles. The van der Waals surface area contributed by atoms with Gasteiger partial charge in [0.2, 0.25) is 11.6 Å². The fourth-order valence-electron chi connectivity index (χ4n) is 5.70. The van der Waals surface area contributed by atoms with Gasteiger partial charge >= 0.3 is 0 Å². The fourth-order valence-corrected chi connectivity index (χ4v) is 5.70. The lowest BCUT2D eigenvalue weighted by atomic mass is 10.0. The number of carbonyl (C=O) groups is 2. The first-order valence-corrected chi connectivity index (χ1v) is 13.4. The fraction of sp³-hybridized carbons (Fsp3) is 0. The molecule has 0 saturated carbocycles. The Morgan fingerprint density at radius 1 is 0.500 bits per heavy atom. The third kappa shape index (κ3) is 3.29. The van der Waals surface area contributed by atoms with E-state index in [0.717, 1.165) is 16.8 Å². The lowest BCUT2D eigenvalue weighted by Crippen LogP contribution is -2.18. The average Bonchev–Trinajstić information content (AvgIpc) is 3.53. The zero-order valence-corrected chi connectivity index (χ0v) is 21.8. The van der Waals surface area contributed by atoms with Crippen molar-refractivity contribution < 1.29 is 19.1 Å². The van der Waals surface area contributed by atoms with Gasteiger partial charge in [-0.2, -0.15) is 0 Å². The Morgan fingerprint density at radius 2 is 1.10 bits per heavy atom. The second-order valence-corrected chi connectivity index (χ2v) is 10.3. The lowest BCUT2D eigenvalue weighted by Gasteiger charge is -2.18. The summed E-state index contributed by atoms with van der Waals surface area (Å²) < 4.78 is 12.3. The molecule has 42 heavy (non-hydrogen) atoms. The number of nitrogens with zero attached hydrogens (tertiary/aromatic N) is 2. The molecule has 5 aromatic rings. The van der Waals surface area contributed by atoms with Gasteiger partial charge < -0.3 is 20.1 Å². The van der Waals surface area contributed by atoms with Crippen molar-refractivity contribution >= 4 is 34.3 Å². The van der Waals surface area contributed by atoms with Crippen molar-refractivity contribution in [2.24, 2.45) is 9.98 Å². The van der Waals surface area contributed by atoms with Crippen molar-refractivity contribution in [3.63, 3.8) is 0 Å². The van der Waals surface area contributed by atoms with Crippen LogP contribution in [0, 0.1) is 0 Å². The van der Waals surface area contributed by atoms with Gasteiger partial charge in [-0.25, -0.2) is 9.98 Å². The highest BCUT2D eigenvalue weighted by molar-refractivity contribution is 6.27. The molecule has 4 aliphatic rings. The number of carbonyl (C=O) groups excluding carboxylic acids is 2. The van der Waals surface area contributed by atoms with Gasteiger partial charge in [-0.15, -0.1) is 0 Å². The van der Waals surface area contributed by atoms with Gasteiger partial charge in [0, 0.05) is 28.9 Å². The van der Waals surface area contributed by atoms with Gasteiger partial charge in [-0.3, -0.25) is 9.59 Å². The number of rotatable bonds is 1. The van der Waals surface area contributed by atoms with Crippen molar-refractivity contribution in [1.29, 1.82) is 0 Å². The summed E-state index contributed by atoms with van der Waals surface area (Å²) >= 11 is 0. The Hall–Kier alpha value is -6.02. The topological polar surface area (TPSA) is 101 Å². The second-order valence-electron chi connectivity index (χ2n) is 10.3. The molecule has 0 aliphatic carbocycles. The minimum atomic E-state index is -0.218. The molecule has 0 unspecified atom stereocenters. The summed E-state index contributed by atoms with van der Waals surface area (Å²) in [5.74, 6) is 2.13. The Balaban J connectivity index is 1.05. The van der Waals surface area contributed by atoms with Crippen LogP contribution in [-0.2, 0) is 0 Å². The normalized spacial score (nSPS) is 16.6. The van der Waals surface area contributed by atoms with Crippen LogP contribution in [0.4, 0.5) is 22.7 Å². The van der Waals surface area contributed by atoms with Crippen LogP contribution in [0.15, 0.2) is 118 Å². The molecular weight excluding hydrogens is 528 g/mol. The summed E-state index contributed by atoms with van der Waals surface area (Å²) in [5.41, 5.74) is 6.19. The molecule has 0 bridgehead atoms. The highest BCUT2D eigenvalue weighted by Gasteiger charge is 2.34. The number of para-hydroxylation sites is 3. The molecule has 0 amide bonds. The van der Waals surface area contributed by atoms with E-state index in [-0.39, 0.29) is 23.0 Å². The first-order valence-electron chi connectivity index (χ1n) is 13.4. The van der Waals surface area contributed by atoms with Gasteiger partial charge in [-0.05, 0) is 59.7 Å². The van der Waals surface area contributed by atoms with Gasteiger partial charge in [0.1, 0.15) is 33.5 Å². The predicted octanol–water partition coefficient (Wildman–Crippen LogP) is 6.60. The van der Waals surface area contributed by atoms with Gasteiger partial charge in [0.05, 0.1) is 5.69 Å². The third-order valence-corrected chi connectivity index (χ3v) is 7.78. The largest absolute Gasteiger partial charge is 0.453 e. The van der Waals surface area contributed by atoms with Crippen molar-refractivity contribution in [3.05, 3.63) is 130 Å². The smallest absolute Gasteiger partial charge is 0.213 e. The Bertz CT molecular complexity index is 2250. The minimum absolute atomic E-state index is 0.199. The molecule has 2 N–H and O–H groups in total. The van der Waals surface area contributed by atoms with E-state index in [1.807, 2.05) is 84.9 Å². The quantitative estimate of drug-likeness (QED) is 0.225. The van der Waals surface area contributed by atoms with E-state index < -0.39 is 0 Å². The van der Waals surface area contributed by atoms with E-state index in [0.29, 0.717) is 61.9 Å². The van der Waals surface area contributed by atoms with Crippen LogP contribution < -0.4 is 30.8 Å². The van der Waals surface area contributed by atoms with Crippen LogP contribution >= 0.6 is 0 Å². The number of ketones is 2. The second kappa shape index (κ2) is 8.25. The molecule has 4 heterocycles. The summed E-state index contributed by atoms with van der Waals surface area (Å²) in [4.78, 5) is 35.7. The Morgan fingerprint density at radius 3 is 1.88 bits per heavy atom. The van der Waals surface area contributed by atoms with Crippen LogP contribution in [0.1, 0.15) is 20.7 Å². The molecule has 198 valence electrons. The number of ether oxygens (including phenoxy) is 2. The molecule has 8 heteroatoms. The van der Waals surface area contributed by atoms with E-state index in [4.69, 9.17) is 19.5 Å². The highest BCUT2D eigenvalue weighted by atomic mass is 16.5. The van der Waals surface area contributed by atoms with E-state index in [1.54, 1.807) is 12.1 Å². The molecule has 0 spiro atoms. The Kier molecular flexibility index (Phi) is 4.47. The minimum Gasteiger partial charge on any atom is -0.453 e. The zero-order chi connectivity index (χ0) is 27.9. The maximum atomic E-state index is 13.2. The van der Waals surface area contributed by atoms with Crippen LogP contribution in [0.5, 0.6) is 23.0 Å². The molecule has 8 nitrogen and oxygen atoms in total. The zero-order valence-electron chi connectivity index (χ0n) is 21.8. The summed E-state index contributed by atoms with van der Waals surface area (Å²) in [6.45, 7) is 0. The maximum absolute atomic E-state index is 13.2. The summed E-state index contributed by atoms with van der Waals surface area (Å²) in [6.07, 6.45) is 0. The average molecular weight is 547 g/mol. The number of nitrogens with one attached hydrogen (secondary N) is 2. The number of allylic oxidation sites excluding steroid dienone is 2. The maximum Gasteiger partial charge on any atom is 0.213 e. The van der Waals surface area contributed by atoms with Crippen LogP contribution in [0.25, 0.3) is 11.1 Å². The van der Waals surface area contributed by atoms with Crippen LogP contribution in [0.3, 0.4) is 0 Å². The van der Waals surface area contributed by atoms with Gasteiger partial charge in [0.25, 0.3) is 0 Å². The number of benzene rings is 5. The molecule has 0 atom stereocenters. The summed E-state index contributed by atoms with van der Waals surface area (Å²) in [6, 6.07) is 29.9. The van der Waals surface area contributed by atoms with E-state index in [1.165, 1.54) is 0 Å². The van der Waals surface area contributed by atoms with E-state index in [9.17, 15) is 9.59 Å². The van der Waals surface area contributed by atoms with E-state index in [2.05, 4.69) is 10.6 Å². The highest BCUT2D eigenvalue weighted by Crippen LogP contribution is 2.41. The van der Waals surface area contributed by atoms with Crippen molar-refractivity contribution in [2.75, 3.05) is 10.6 Å². The summed E-state index contributed by atoms with van der Waals surface area (Å²) in [7, 11) is 0. The van der Waals surface area contributed by atoms with Crippen LogP contribution in [0.2, 0.25) is 0 Å². The van der Waals surface area contributed by atoms with Crippen molar-refractivity contribution in [1.82, 2.24) is 0 Å². The molecule has 9 rings (SSSR count). The molecule has 0 radical (unpaired) electrons. The number of hydrogen-bond donors (Lipinski definition) is 2.